The van der Waals surface area contributed by atoms with E-state index in [1.807, 2.05) is 12.1 Å². The molecule has 1 aromatic carbocycles. The van der Waals surface area contributed by atoms with Crippen LogP contribution >= 0.6 is 46.7 Å². The molecule has 1 aliphatic rings. The maximum absolute atomic E-state index is 9.38. The van der Waals surface area contributed by atoms with Crippen molar-refractivity contribution >= 4 is 52.4 Å². The highest BCUT2D eigenvalue weighted by Crippen LogP contribution is 2.53. The number of benzene rings is 1. The van der Waals surface area contributed by atoms with Crippen molar-refractivity contribution < 1.29 is 0 Å². The minimum atomic E-state index is 0.197. The molecule has 1 atom stereocenters. The van der Waals surface area contributed by atoms with Crippen molar-refractivity contribution in [2.75, 3.05) is 5.75 Å². The van der Waals surface area contributed by atoms with Crippen LogP contribution in [0.3, 0.4) is 0 Å². The fraction of sp³-hybridized carbons (Fsp3) is 0.143. The summed E-state index contributed by atoms with van der Waals surface area (Å²) >= 11 is 15.6. The monoisotopic (exact) mass is 353 g/mol. The summed E-state index contributed by atoms with van der Waals surface area (Å²) in [6.45, 7) is 0. The maximum Gasteiger partial charge on any atom is 0.145 e. The maximum atomic E-state index is 9.38. The van der Waals surface area contributed by atoms with Gasteiger partial charge in [0.25, 0.3) is 0 Å². The molecular weight excluding hydrogens is 345 g/mol. The highest BCUT2D eigenvalue weighted by atomic mass is 35.5. The summed E-state index contributed by atoms with van der Waals surface area (Å²) in [6.07, 6.45) is 5.06. The smallest absolute Gasteiger partial charge is 0.145 e. The second-order valence-corrected chi connectivity index (χ2v) is 7.65. The van der Waals surface area contributed by atoms with E-state index < -0.39 is 0 Å². The van der Waals surface area contributed by atoms with E-state index in [0.717, 1.165) is 15.6 Å². The fourth-order valence-electron chi connectivity index (χ4n) is 1.99. The van der Waals surface area contributed by atoms with Gasteiger partial charge in [-0.25, -0.2) is 4.98 Å². The molecule has 0 N–H and O–H groups in total. The van der Waals surface area contributed by atoms with Crippen LogP contribution in [-0.2, 0) is 0 Å². The predicted octanol–water partition coefficient (Wildman–Crippen LogP) is 5.06. The van der Waals surface area contributed by atoms with Crippen LogP contribution in [0.4, 0.5) is 0 Å². The van der Waals surface area contributed by atoms with Crippen LogP contribution in [0.5, 0.6) is 0 Å². The van der Waals surface area contributed by atoms with Crippen LogP contribution < -0.4 is 0 Å². The average molecular weight is 354 g/mol. The van der Waals surface area contributed by atoms with Crippen LogP contribution in [0.15, 0.2) is 41.2 Å². The summed E-state index contributed by atoms with van der Waals surface area (Å²) in [7, 11) is 0. The standard InChI is InChI=1S/C14H9Cl2N3S2/c15-9-1-2-11(16)10(5-9)13-7-20-14(21-13)12(6-17)19-4-3-18-8-19/h1-5,8,13H,7H2/b14-12-. The Morgan fingerprint density at radius 1 is 1.43 bits per heavy atom. The van der Waals surface area contributed by atoms with Crippen LogP contribution in [-0.4, -0.2) is 15.3 Å². The molecule has 0 aliphatic carbocycles. The van der Waals surface area contributed by atoms with Gasteiger partial charge in [0.05, 0.1) is 10.6 Å². The van der Waals surface area contributed by atoms with Crippen molar-refractivity contribution in [3.05, 3.63) is 56.8 Å². The fourth-order valence-corrected chi connectivity index (χ4v) is 5.40. The number of imidazole rings is 1. The number of halogens is 2. The zero-order valence-electron chi connectivity index (χ0n) is 10.7. The van der Waals surface area contributed by atoms with Crippen LogP contribution in [0.25, 0.3) is 5.70 Å². The summed E-state index contributed by atoms with van der Waals surface area (Å²) in [6, 6.07) is 7.74. The van der Waals surface area contributed by atoms with Gasteiger partial charge in [-0.3, -0.25) is 4.57 Å². The van der Waals surface area contributed by atoms with Gasteiger partial charge in [0.1, 0.15) is 11.8 Å². The number of rotatable bonds is 2. The first-order valence-corrected chi connectivity index (χ1v) is 8.68. The minimum Gasteiger partial charge on any atom is -0.296 e. The molecule has 0 amide bonds. The normalized spacial score (nSPS) is 20.3. The van der Waals surface area contributed by atoms with E-state index in [-0.39, 0.29) is 5.25 Å². The van der Waals surface area contributed by atoms with Crippen molar-refractivity contribution in [3.63, 3.8) is 0 Å². The molecule has 0 spiro atoms. The molecule has 2 heterocycles. The van der Waals surface area contributed by atoms with Gasteiger partial charge in [0, 0.05) is 33.4 Å². The first-order valence-electron chi connectivity index (χ1n) is 6.06. The molecule has 1 unspecified atom stereocenters. The molecule has 0 saturated carbocycles. The van der Waals surface area contributed by atoms with Gasteiger partial charge in [0.2, 0.25) is 0 Å². The highest BCUT2D eigenvalue weighted by Gasteiger charge is 2.27. The van der Waals surface area contributed by atoms with Crippen LogP contribution in [0.1, 0.15) is 10.8 Å². The summed E-state index contributed by atoms with van der Waals surface area (Å²) in [5.41, 5.74) is 1.61. The zero-order valence-corrected chi connectivity index (χ0v) is 13.8. The van der Waals surface area contributed by atoms with Crippen molar-refractivity contribution in [3.8, 4) is 6.07 Å². The Morgan fingerprint density at radius 2 is 2.29 bits per heavy atom. The number of nitriles is 1. The number of allylic oxidation sites excluding steroid dienone is 1. The zero-order chi connectivity index (χ0) is 14.8. The third-order valence-corrected chi connectivity index (χ3v) is 6.48. The van der Waals surface area contributed by atoms with Crippen LogP contribution in [0.2, 0.25) is 10.0 Å². The second kappa shape index (κ2) is 6.37. The number of thioether (sulfide) groups is 2. The van der Waals surface area contributed by atoms with Crippen molar-refractivity contribution in [2.45, 2.75) is 5.25 Å². The molecule has 1 saturated heterocycles. The number of hydrogen-bond donors (Lipinski definition) is 0. The van der Waals surface area contributed by atoms with Gasteiger partial charge in [-0.15, -0.1) is 23.5 Å². The largest absolute Gasteiger partial charge is 0.296 e. The lowest BCUT2D eigenvalue weighted by Crippen LogP contribution is -1.93. The molecule has 1 fully saturated rings. The summed E-state index contributed by atoms with van der Waals surface area (Å²) < 4.78 is 2.72. The highest BCUT2D eigenvalue weighted by molar-refractivity contribution is 8.25. The second-order valence-electron chi connectivity index (χ2n) is 4.30. The first-order chi connectivity index (χ1) is 10.2. The molecule has 1 aliphatic heterocycles. The van der Waals surface area contributed by atoms with E-state index in [1.165, 1.54) is 0 Å². The third kappa shape index (κ3) is 3.09. The number of hydrogen-bond acceptors (Lipinski definition) is 4. The molecule has 3 nitrogen and oxygen atoms in total. The van der Waals surface area contributed by atoms with Gasteiger partial charge in [-0.1, -0.05) is 23.2 Å². The Bertz CT molecular complexity index is 735. The Kier molecular flexibility index (Phi) is 4.51. The van der Waals surface area contributed by atoms with Crippen molar-refractivity contribution in [1.82, 2.24) is 9.55 Å². The lowest BCUT2D eigenvalue weighted by atomic mass is 10.2. The van der Waals surface area contributed by atoms with Crippen molar-refractivity contribution in [2.24, 2.45) is 0 Å². The van der Waals surface area contributed by atoms with Crippen molar-refractivity contribution in [1.29, 1.82) is 5.26 Å². The van der Waals surface area contributed by atoms with Gasteiger partial charge in [-0.2, -0.15) is 5.26 Å². The van der Waals surface area contributed by atoms with E-state index in [2.05, 4.69) is 11.1 Å². The number of aromatic nitrogens is 2. The molecule has 7 heteroatoms. The quantitative estimate of drug-likeness (QED) is 0.707. The Morgan fingerprint density at radius 3 is 3.00 bits per heavy atom. The van der Waals surface area contributed by atoms with Crippen LogP contribution in [0, 0.1) is 11.3 Å². The Hall–Kier alpha value is -1.06. The summed E-state index contributed by atoms with van der Waals surface area (Å²) in [5.74, 6) is 0.861. The first kappa shape index (κ1) is 14.9. The molecular formula is C14H9Cl2N3S2. The lowest BCUT2D eigenvalue weighted by molar-refractivity contribution is 1.10. The lowest BCUT2D eigenvalue weighted by Gasteiger charge is -2.10. The molecule has 2 aromatic rings. The van der Waals surface area contributed by atoms with Gasteiger partial charge in [0.15, 0.2) is 0 Å². The third-order valence-electron chi connectivity index (χ3n) is 2.98. The van der Waals surface area contributed by atoms with E-state index in [0.29, 0.717) is 15.7 Å². The SMILES string of the molecule is N#C/C(=C1\SCC(c2cc(Cl)ccc2Cl)S1)n1ccnc1. The average Bonchev–Trinajstić information content (AvgIpc) is 3.14. The van der Waals surface area contributed by atoms with E-state index in [1.54, 1.807) is 52.9 Å². The Balaban J connectivity index is 1.92. The summed E-state index contributed by atoms with van der Waals surface area (Å²) in [5, 5.41) is 11.0. The van der Waals surface area contributed by atoms with E-state index in [9.17, 15) is 5.26 Å². The van der Waals surface area contributed by atoms with Gasteiger partial charge >= 0.3 is 0 Å². The Labute approximate surface area is 141 Å². The molecule has 0 bridgehead atoms. The summed E-state index contributed by atoms with van der Waals surface area (Å²) in [4.78, 5) is 3.99. The molecule has 3 rings (SSSR count). The molecule has 21 heavy (non-hydrogen) atoms. The predicted molar refractivity (Wildman–Crippen MR) is 90.3 cm³/mol. The minimum absolute atomic E-state index is 0.197. The number of nitrogens with zero attached hydrogens (tertiary/aromatic N) is 3. The topological polar surface area (TPSA) is 41.6 Å². The molecule has 106 valence electrons. The van der Waals surface area contributed by atoms with E-state index >= 15 is 0 Å². The molecule has 0 radical (unpaired) electrons. The van der Waals surface area contributed by atoms with Gasteiger partial charge < -0.3 is 0 Å². The van der Waals surface area contributed by atoms with Gasteiger partial charge in [-0.05, 0) is 23.8 Å². The van der Waals surface area contributed by atoms with E-state index in [4.69, 9.17) is 23.2 Å². The molecule has 1 aromatic heterocycles.